The van der Waals surface area contributed by atoms with Gasteiger partial charge in [-0.15, -0.1) is 0 Å². The van der Waals surface area contributed by atoms with E-state index in [1.54, 1.807) is 11.8 Å². The number of nitrogens with one attached hydrogen (secondary N) is 1. The highest BCUT2D eigenvalue weighted by atomic mass is 32.2. The van der Waals surface area contributed by atoms with Crippen molar-refractivity contribution >= 4 is 21.6 Å². The molecule has 1 amide bonds. The molecule has 0 bridgehead atoms. The minimum Gasteiger partial charge on any atom is -0.339 e. The van der Waals surface area contributed by atoms with Gasteiger partial charge in [-0.25, -0.2) is 8.42 Å². The highest BCUT2D eigenvalue weighted by molar-refractivity contribution is 7.89. The Morgan fingerprint density at radius 2 is 1.93 bits per heavy atom. The van der Waals surface area contributed by atoms with Crippen molar-refractivity contribution in [2.24, 2.45) is 0 Å². The number of nitro benzene ring substituents is 1. The number of hydrogen-bond acceptors (Lipinski definition) is 6. The van der Waals surface area contributed by atoms with E-state index in [-0.39, 0.29) is 35.6 Å². The molecular formula is C17H24N4O5S. The Balaban J connectivity index is 1.70. The fraction of sp³-hybridized carbons (Fsp3) is 0.588. The third kappa shape index (κ3) is 4.12. The first-order chi connectivity index (χ1) is 12.8. The number of benzene rings is 1. The molecule has 1 atom stereocenters. The van der Waals surface area contributed by atoms with Crippen molar-refractivity contribution in [3.8, 4) is 0 Å². The lowest BCUT2D eigenvalue weighted by Crippen LogP contribution is -2.55. The van der Waals surface area contributed by atoms with E-state index in [1.807, 2.05) is 0 Å². The third-order valence-corrected chi connectivity index (χ3v) is 7.20. The molecule has 1 aromatic rings. The second-order valence-corrected chi connectivity index (χ2v) is 8.85. The number of piperidine rings is 1. The maximum atomic E-state index is 12.9. The number of rotatable bonds is 4. The van der Waals surface area contributed by atoms with Crippen LogP contribution < -0.4 is 5.32 Å². The lowest BCUT2D eigenvalue weighted by molar-refractivity contribution is -0.385. The smallest absolute Gasteiger partial charge is 0.270 e. The summed E-state index contributed by atoms with van der Waals surface area (Å²) in [5.74, 6) is 0.0262. The number of carbonyl (C=O) groups is 1. The zero-order chi connectivity index (χ0) is 19.6. The molecule has 0 aromatic heterocycles. The second-order valence-electron chi connectivity index (χ2n) is 6.94. The van der Waals surface area contributed by atoms with Gasteiger partial charge in [-0.2, -0.15) is 4.31 Å². The molecule has 148 valence electrons. The molecule has 0 saturated carbocycles. The topological polar surface area (TPSA) is 113 Å². The standard InChI is InChI=1S/C17H24N4O5S/c1-13-5-6-14(21(23)24)12-16(13)27(25,26)20-10-8-19(9-11-20)17(22)15-4-2-3-7-18-15/h5-6,12,15,18H,2-4,7-11H2,1H3. The average molecular weight is 396 g/mol. The van der Waals surface area contributed by atoms with Crippen LogP contribution in [-0.2, 0) is 14.8 Å². The summed E-state index contributed by atoms with van der Waals surface area (Å²) in [6.07, 6.45) is 2.90. The summed E-state index contributed by atoms with van der Waals surface area (Å²) in [7, 11) is -3.85. The van der Waals surface area contributed by atoms with Gasteiger partial charge in [0.1, 0.15) is 0 Å². The Labute approximate surface area is 158 Å². The fourth-order valence-electron chi connectivity index (χ4n) is 3.55. The minimum atomic E-state index is -3.85. The van der Waals surface area contributed by atoms with Crippen LogP contribution in [0.4, 0.5) is 5.69 Å². The molecule has 1 N–H and O–H groups in total. The normalized spacial score (nSPS) is 21.8. The fourth-order valence-corrected chi connectivity index (χ4v) is 5.22. The Hall–Kier alpha value is -2.04. The minimum absolute atomic E-state index is 0.0262. The molecule has 1 aromatic carbocycles. The van der Waals surface area contributed by atoms with E-state index < -0.39 is 14.9 Å². The van der Waals surface area contributed by atoms with Crippen LogP contribution in [0.15, 0.2) is 23.1 Å². The maximum absolute atomic E-state index is 12.9. The second kappa shape index (κ2) is 7.91. The van der Waals surface area contributed by atoms with Gasteiger partial charge in [0.2, 0.25) is 15.9 Å². The molecule has 2 aliphatic rings. The van der Waals surface area contributed by atoms with Gasteiger partial charge in [0.15, 0.2) is 0 Å². The van der Waals surface area contributed by atoms with Gasteiger partial charge < -0.3 is 10.2 Å². The first-order valence-electron chi connectivity index (χ1n) is 9.08. The zero-order valence-corrected chi connectivity index (χ0v) is 16.1. The van der Waals surface area contributed by atoms with Crippen molar-refractivity contribution in [2.75, 3.05) is 32.7 Å². The summed E-state index contributed by atoms with van der Waals surface area (Å²) in [5, 5.41) is 14.2. The molecule has 2 saturated heterocycles. The Kier molecular flexibility index (Phi) is 5.78. The number of non-ortho nitro benzene ring substituents is 1. The van der Waals surface area contributed by atoms with Gasteiger partial charge in [0.25, 0.3) is 5.69 Å². The number of piperazine rings is 1. The summed E-state index contributed by atoms with van der Waals surface area (Å²) < 4.78 is 27.2. The quantitative estimate of drug-likeness (QED) is 0.597. The largest absolute Gasteiger partial charge is 0.339 e. The van der Waals surface area contributed by atoms with Crippen molar-refractivity contribution in [2.45, 2.75) is 37.1 Å². The molecule has 27 heavy (non-hydrogen) atoms. The molecule has 1 unspecified atom stereocenters. The molecular weight excluding hydrogens is 372 g/mol. The highest BCUT2D eigenvalue weighted by Gasteiger charge is 2.34. The van der Waals surface area contributed by atoms with Crippen molar-refractivity contribution in [1.29, 1.82) is 0 Å². The van der Waals surface area contributed by atoms with Crippen LogP contribution >= 0.6 is 0 Å². The average Bonchev–Trinajstić information content (AvgIpc) is 2.68. The van der Waals surface area contributed by atoms with Crippen molar-refractivity contribution in [3.63, 3.8) is 0 Å². The Bertz CT molecular complexity index is 828. The Morgan fingerprint density at radius 1 is 1.22 bits per heavy atom. The van der Waals surface area contributed by atoms with Gasteiger partial charge >= 0.3 is 0 Å². The number of amides is 1. The molecule has 0 aliphatic carbocycles. The van der Waals surface area contributed by atoms with Crippen LogP contribution in [0.2, 0.25) is 0 Å². The van der Waals surface area contributed by atoms with E-state index in [0.29, 0.717) is 18.7 Å². The number of carbonyl (C=O) groups excluding carboxylic acids is 1. The number of nitrogens with zero attached hydrogens (tertiary/aromatic N) is 3. The molecule has 0 spiro atoms. The molecule has 2 heterocycles. The third-order valence-electron chi connectivity index (χ3n) is 5.16. The van der Waals surface area contributed by atoms with Gasteiger partial charge in [-0.3, -0.25) is 14.9 Å². The van der Waals surface area contributed by atoms with Gasteiger partial charge in [-0.05, 0) is 31.9 Å². The van der Waals surface area contributed by atoms with Crippen molar-refractivity contribution < 1.29 is 18.1 Å². The van der Waals surface area contributed by atoms with Gasteiger partial charge in [-0.1, -0.05) is 12.5 Å². The molecule has 9 nitrogen and oxygen atoms in total. The van der Waals surface area contributed by atoms with Crippen molar-refractivity contribution in [1.82, 2.24) is 14.5 Å². The van der Waals surface area contributed by atoms with Crippen LogP contribution in [0.3, 0.4) is 0 Å². The van der Waals surface area contributed by atoms with E-state index >= 15 is 0 Å². The van der Waals surface area contributed by atoms with Gasteiger partial charge in [0.05, 0.1) is 15.9 Å². The lowest BCUT2D eigenvalue weighted by atomic mass is 10.0. The Morgan fingerprint density at radius 3 is 2.52 bits per heavy atom. The van der Waals surface area contributed by atoms with Crippen LogP contribution in [-0.4, -0.2) is 67.2 Å². The summed E-state index contributed by atoms with van der Waals surface area (Å²) in [4.78, 5) is 24.6. The first-order valence-corrected chi connectivity index (χ1v) is 10.5. The molecule has 0 radical (unpaired) electrons. The summed E-state index contributed by atoms with van der Waals surface area (Å²) >= 11 is 0. The summed E-state index contributed by atoms with van der Waals surface area (Å²) in [6, 6.07) is 3.66. The first kappa shape index (κ1) is 19.7. The molecule has 2 aliphatic heterocycles. The van der Waals surface area contributed by atoms with E-state index in [9.17, 15) is 23.3 Å². The lowest BCUT2D eigenvalue weighted by Gasteiger charge is -2.36. The summed E-state index contributed by atoms with van der Waals surface area (Å²) in [6.45, 7) is 3.46. The molecule has 3 rings (SSSR count). The van der Waals surface area contributed by atoms with E-state index in [1.165, 1.54) is 16.4 Å². The van der Waals surface area contributed by atoms with E-state index in [2.05, 4.69) is 5.32 Å². The predicted molar refractivity (Wildman–Crippen MR) is 98.8 cm³/mol. The van der Waals surface area contributed by atoms with Crippen molar-refractivity contribution in [3.05, 3.63) is 33.9 Å². The monoisotopic (exact) mass is 396 g/mol. The summed E-state index contributed by atoms with van der Waals surface area (Å²) in [5.41, 5.74) is 0.210. The van der Waals surface area contributed by atoms with Gasteiger partial charge in [0, 0.05) is 38.3 Å². The number of sulfonamides is 1. The predicted octanol–water partition coefficient (Wildman–Crippen LogP) is 0.878. The number of nitro groups is 1. The van der Waals surface area contributed by atoms with Crippen LogP contribution in [0, 0.1) is 17.0 Å². The van der Waals surface area contributed by atoms with E-state index in [4.69, 9.17) is 0 Å². The van der Waals surface area contributed by atoms with Crippen LogP contribution in [0.1, 0.15) is 24.8 Å². The van der Waals surface area contributed by atoms with Crippen LogP contribution in [0.5, 0.6) is 0 Å². The van der Waals surface area contributed by atoms with Crippen LogP contribution in [0.25, 0.3) is 0 Å². The highest BCUT2D eigenvalue weighted by Crippen LogP contribution is 2.25. The molecule has 10 heteroatoms. The van der Waals surface area contributed by atoms with E-state index in [0.717, 1.165) is 31.9 Å². The molecule has 2 fully saturated rings. The maximum Gasteiger partial charge on any atom is 0.270 e. The zero-order valence-electron chi connectivity index (χ0n) is 15.3. The number of aryl methyl sites for hydroxylation is 1. The SMILES string of the molecule is Cc1ccc([N+](=O)[O-])cc1S(=O)(=O)N1CCN(C(=O)C2CCCCN2)CC1. The number of hydrogen-bond donors (Lipinski definition) is 1.